The van der Waals surface area contributed by atoms with Gasteiger partial charge in [-0.2, -0.15) is 5.10 Å². The molecule has 0 unspecified atom stereocenters. The second kappa shape index (κ2) is 7.46. The highest BCUT2D eigenvalue weighted by Crippen LogP contribution is 2.39. The van der Waals surface area contributed by atoms with Crippen molar-refractivity contribution in [1.82, 2.24) is 20.4 Å². The Bertz CT molecular complexity index is 603. The molecule has 2 saturated heterocycles. The van der Waals surface area contributed by atoms with Crippen LogP contribution in [0.25, 0.3) is 0 Å². The second-order valence-electron chi connectivity index (χ2n) is 7.83. The average molecular weight is 348 g/mol. The fraction of sp³-hybridized carbons (Fsp3) is 0.789. The highest BCUT2D eigenvalue weighted by molar-refractivity contribution is 5.93. The summed E-state index contributed by atoms with van der Waals surface area (Å²) in [5, 5.41) is 10.1. The lowest BCUT2D eigenvalue weighted by Crippen LogP contribution is -2.47. The number of nitrogens with zero attached hydrogens (tertiary/aromatic N) is 2. The zero-order chi connectivity index (χ0) is 18.0. The van der Waals surface area contributed by atoms with Crippen LogP contribution in [0.5, 0.6) is 0 Å². The van der Waals surface area contributed by atoms with Gasteiger partial charge in [0.05, 0.1) is 11.7 Å². The number of aryl methyl sites for hydroxylation is 1. The van der Waals surface area contributed by atoms with Gasteiger partial charge >= 0.3 is 0 Å². The Balaban J connectivity index is 1.49. The van der Waals surface area contributed by atoms with Gasteiger partial charge < -0.3 is 15.0 Å². The summed E-state index contributed by atoms with van der Waals surface area (Å²) in [5.41, 5.74) is 2.52. The number of amides is 1. The zero-order valence-corrected chi connectivity index (χ0v) is 16.0. The van der Waals surface area contributed by atoms with E-state index in [1.54, 1.807) is 0 Å². The molecule has 6 heteroatoms. The van der Waals surface area contributed by atoms with Gasteiger partial charge in [-0.15, -0.1) is 0 Å². The highest BCUT2D eigenvalue weighted by atomic mass is 16.5. The molecule has 0 saturated carbocycles. The Morgan fingerprint density at radius 2 is 2.12 bits per heavy atom. The molecule has 6 nitrogen and oxygen atoms in total. The molecule has 2 N–H and O–H groups in total. The van der Waals surface area contributed by atoms with Crippen molar-refractivity contribution in [2.75, 3.05) is 19.6 Å². The standard InChI is InChI=1S/C19H32N4O2/c1-5-16-14(4)17(22-21-16)18(24)20-12-15-6-7-19(25-15)8-10-23(11-9-19)13(2)3/h13,15H,5-12H2,1-4H3,(H,20,24)(H,21,22)/t15-/m1/s1. The van der Waals surface area contributed by atoms with E-state index in [1.807, 2.05) is 6.92 Å². The topological polar surface area (TPSA) is 70.2 Å². The first-order chi connectivity index (χ1) is 11.9. The van der Waals surface area contributed by atoms with Crippen LogP contribution in [0, 0.1) is 6.92 Å². The lowest BCUT2D eigenvalue weighted by Gasteiger charge is -2.40. The number of aromatic nitrogens is 2. The first kappa shape index (κ1) is 18.4. The van der Waals surface area contributed by atoms with E-state index in [1.165, 1.54) is 0 Å². The van der Waals surface area contributed by atoms with Crippen LogP contribution in [0.1, 0.15) is 68.2 Å². The molecular weight excluding hydrogens is 316 g/mol. The van der Waals surface area contributed by atoms with Crippen LogP contribution in [0.4, 0.5) is 0 Å². The molecular formula is C19H32N4O2. The van der Waals surface area contributed by atoms with Crippen LogP contribution in [0.3, 0.4) is 0 Å². The summed E-state index contributed by atoms with van der Waals surface area (Å²) >= 11 is 0. The molecule has 0 aromatic carbocycles. The third kappa shape index (κ3) is 3.90. The summed E-state index contributed by atoms with van der Waals surface area (Å²) in [6.07, 6.45) is 5.33. The van der Waals surface area contributed by atoms with E-state index < -0.39 is 0 Å². The van der Waals surface area contributed by atoms with Crippen molar-refractivity contribution in [2.24, 2.45) is 0 Å². The molecule has 0 aliphatic carbocycles. The maximum absolute atomic E-state index is 12.4. The molecule has 25 heavy (non-hydrogen) atoms. The van der Waals surface area contributed by atoms with E-state index in [-0.39, 0.29) is 17.6 Å². The van der Waals surface area contributed by atoms with Crippen molar-refractivity contribution >= 4 is 5.91 Å². The normalized spacial score (nSPS) is 23.5. The first-order valence-electron chi connectivity index (χ1n) is 9.68. The summed E-state index contributed by atoms with van der Waals surface area (Å²) in [4.78, 5) is 14.9. The Kier molecular flexibility index (Phi) is 5.49. The van der Waals surface area contributed by atoms with Crippen molar-refractivity contribution in [3.63, 3.8) is 0 Å². The van der Waals surface area contributed by atoms with Crippen molar-refractivity contribution in [1.29, 1.82) is 0 Å². The van der Waals surface area contributed by atoms with Crippen LogP contribution < -0.4 is 5.32 Å². The second-order valence-corrected chi connectivity index (χ2v) is 7.83. The lowest BCUT2D eigenvalue weighted by molar-refractivity contribution is -0.0788. The molecule has 3 rings (SSSR count). The van der Waals surface area contributed by atoms with Crippen LogP contribution in [0.2, 0.25) is 0 Å². The molecule has 2 aliphatic heterocycles. The molecule has 0 radical (unpaired) electrons. The number of rotatable bonds is 5. The van der Waals surface area contributed by atoms with E-state index in [0.717, 1.165) is 56.5 Å². The van der Waals surface area contributed by atoms with E-state index in [0.29, 0.717) is 18.3 Å². The van der Waals surface area contributed by atoms with Crippen LogP contribution in [-0.4, -0.2) is 58.4 Å². The number of carbonyl (C=O) groups excluding carboxylic acids is 1. The zero-order valence-electron chi connectivity index (χ0n) is 16.0. The van der Waals surface area contributed by atoms with E-state index in [9.17, 15) is 4.79 Å². The molecule has 3 heterocycles. The molecule has 2 fully saturated rings. The van der Waals surface area contributed by atoms with Gasteiger partial charge in [-0.05, 0) is 52.9 Å². The number of piperidine rings is 1. The SMILES string of the molecule is CCc1[nH]nc(C(=O)NC[C@H]2CCC3(CCN(C(C)C)CC3)O2)c1C. The Morgan fingerprint density at radius 3 is 2.72 bits per heavy atom. The summed E-state index contributed by atoms with van der Waals surface area (Å²) in [6, 6.07) is 0.610. The summed E-state index contributed by atoms with van der Waals surface area (Å²) in [5.74, 6) is -0.104. The van der Waals surface area contributed by atoms with Gasteiger partial charge in [0.25, 0.3) is 5.91 Å². The predicted molar refractivity (Wildman–Crippen MR) is 97.8 cm³/mol. The molecule has 1 aromatic rings. The Labute approximate surface area is 150 Å². The predicted octanol–water partition coefficient (Wildman–Crippen LogP) is 2.43. The molecule has 1 atom stereocenters. The van der Waals surface area contributed by atoms with Gasteiger partial charge in [0, 0.05) is 36.9 Å². The number of hydrogen-bond acceptors (Lipinski definition) is 4. The van der Waals surface area contributed by atoms with Gasteiger partial charge in [0.1, 0.15) is 0 Å². The maximum atomic E-state index is 12.4. The third-order valence-corrected chi connectivity index (χ3v) is 5.95. The fourth-order valence-electron chi connectivity index (χ4n) is 4.14. The van der Waals surface area contributed by atoms with Crippen molar-refractivity contribution < 1.29 is 9.53 Å². The van der Waals surface area contributed by atoms with Gasteiger partial charge in [-0.1, -0.05) is 6.92 Å². The van der Waals surface area contributed by atoms with E-state index >= 15 is 0 Å². The minimum atomic E-state index is -0.104. The highest BCUT2D eigenvalue weighted by Gasteiger charge is 2.42. The largest absolute Gasteiger partial charge is 0.370 e. The molecule has 1 spiro atoms. The number of likely N-dealkylation sites (tertiary alicyclic amines) is 1. The summed E-state index contributed by atoms with van der Waals surface area (Å²) in [7, 11) is 0. The van der Waals surface area contributed by atoms with Crippen molar-refractivity contribution in [3.8, 4) is 0 Å². The fourth-order valence-corrected chi connectivity index (χ4v) is 4.14. The van der Waals surface area contributed by atoms with Crippen LogP contribution in [-0.2, 0) is 11.2 Å². The minimum Gasteiger partial charge on any atom is -0.370 e. The lowest BCUT2D eigenvalue weighted by atomic mass is 9.88. The van der Waals surface area contributed by atoms with Gasteiger partial charge in [0.2, 0.25) is 0 Å². The Hall–Kier alpha value is -1.40. The number of aromatic amines is 1. The monoisotopic (exact) mass is 348 g/mol. The number of nitrogens with one attached hydrogen (secondary N) is 2. The Morgan fingerprint density at radius 1 is 1.40 bits per heavy atom. The van der Waals surface area contributed by atoms with Crippen molar-refractivity contribution in [2.45, 2.75) is 77.5 Å². The molecule has 0 bridgehead atoms. The van der Waals surface area contributed by atoms with Gasteiger partial charge in [-0.25, -0.2) is 0 Å². The number of hydrogen-bond donors (Lipinski definition) is 2. The van der Waals surface area contributed by atoms with E-state index in [4.69, 9.17) is 4.74 Å². The molecule has 1 aromatic heterocycles. The smallest absolute Gasteiger partial charge is 0.272 e. The molecule has 140 valence electrons. The van der Waals surface area contributed by atoms with Gasteiger partial charge in [0.15, 0.2) is 5.69 Å². The first-order valence-corrected chi connectivity index (χ1v) is 9.68. The number of H-pyrrole nitrogens is 1. The molecule has 2 aliphatic rings. The van der Waals surface area contributed by atoms with Crippen molar-refractivity contribution in [3.05, 3.63) is 17.0 Å². The minimum absolute atomic E-state index is 0.0401. The average Bonchev–Trinajstić information content (AvgIpc) is 3.17. The summed E-state index contributed by atoms with van der Waals surface area (Å²) in [6.45, 7) is 11.3. The number of carbonyl (C=O) groups is 1. The quantitative estimate of drug-likeness (QED) is 0.857. The number of ether oxygens (including phenoxy) is 1. The van der Waals surface area contributed by atoms with Gasteiger partial charge in [-0.3, -0.25) is 9.89 Å². The van der Waals surface area contributed by atoms with Crippen LogP contribution >= 0.6 is 0 Å². The van der Waals surface area contributed by atoms with E-state index in [2.05, 4.69) is 41.2 Å². The van der Waals surface area contributed by atoms with Crippen LogP contribution in [0.15, 0.2) is 0 Å². The third-order valence-electron chi connectivity index (χ3n) is 5.95. The molecule has 1 amide bonds. The summed E-state index contributed by atoms with van der Waals surface area (Å²) < 4.78 is 6.39. The maximum Gasteiger partial charge on any atom is 0.272 e.